The molecule has 2 aliphatic heterocycles. The van der Waals surface area contributed by atoms with E-state index in [4.69, 9.17) is 4.84 Å². The topological polar surface area (TPSA) is 79.8 Å². The number of Topliss-reactive ketones (excluding diaryl/α,β-unsaturated/α-hetero) is 1. The number of ketones is 1. The van der Waals surface area contributed by atoms with E-state index in [9.17, 15) is 14.4 Å². The lowest BCUT2D eigenvalue weighted by Gasteiger charge is -2.24. The normalized spacial score (nSPS) is 19.7. The zero-order valence-corrected chi connectivity index (χ0v) is 16.8. The first-order valence-corrected chi connectivity index (χ1v) is 10.4. The van der Waals surface area contributed by atoms with Crippen LogP contribution < -0.4 is 0 Å². The highest BCUT2D eigenvalue weighted by Gasteiger charge is 2.28. The molecule has 0 bridgehead atoms. The third kappa shape index (κ3) is 5.97. The highest BCUT2D eigenvalue weighted by Crippen LogP contribution is 2.31. The number of amides is 1. The molecule has 0 N–H and O–H groups in total. The van der Waals surface area contributed by atoms with E-state index in [1.807, 2.05) is 12.3 Å². The van der Waals surface area contributed by atoms with Gasteiger partial charge in [-0.15, -0.1) is 5.06 Å². The molecule has 3 heterocycles. The molecule has 0 spiro atoms. The number of hydrogen-bond acceptors (Lipinski definition) is 6. The number of likely N-dealkylation sites (tertiary alicyclic amines) is 1. The molecule has 1 amide bonds. The number of carbonyl (C=O) groups excluding carboxylic acids is 3. The van der Waals surface area contributed by atoms with Crippen molar-refractivity contribution in [3.8, 4) is 0 Å². The van der Waals surface area contributed by atoms with Crippen LogP contribution in [-0.4, -0.2) is 45.7 Å². The summed E-state index contributed by atoms with van der Waals surface area (Å²) in [5.41, 5.74) is 1.75. The van der Waals surface area contributed by atoms with Gasteiger partial charge in [-0.3, -0.25) is 19.5 Å². The van der Waals surface area contributed by atoms with Gasteiger partial charge in [-0.25, -0.2) is 4.79 Å². The molecular formula is C22H29N3O4. The zero-order chi connectivity index (χ0) is 20.6. The fourth-order valence-corrected chi connectivity index (χ4v) is 3.97. The number of hydrogen-bond donors (Lipinski definition) is 0. The second kappa shape index (κ2) is 10.3. The van der Waals surface area contributed by atoms with Gasteiger partial charge in [-0.1, -0.05) is 12.6 Å². The van der Waals surface area contributed by atoms with Gasteiger partial charge in [-0.2, -0.15) is 0 Å². The molecule has 2 saturated heterocycles. The van der Waals surface area contributed by atoms with E-state index in [-0.39, 0.29) is 18.1 Å². The van der Waals surface area contributed by atoms with Crippen molar-refractivity contribution in [1.82, 2.24) is 14.9 Å². The SMILES string of the molecule is C=C1CCC(=O)N1OC(=O)CCCC(=O)CCCN1CCC[C@H]1c1cccnc1. The van der Waals surface area contributed by atoms with Crippen LogP contribution in [0.2, 0.25) is 0 Å². The molecule has 2 aliphatic rings. The average Bonchev–Trinajstić information content (AvgIpc) is 3.30. The molecular weight excluding hydrogens is 370 g/mol. The molecule has 156 valence electrons. The first-order valence-electron chi connectivity index (χ1n) is 10.4. The van der Waals surface area contributed by atoms with E-state index in [0.29, 0.717) is 43.8 Å². The molecule has 7 heteroatoms. The second-order valence-corrected chi connectivity index (χ2v) is 7.69. The van der Waals surface area contributed by atoms with Gasteiger partial charge in [0, 0.05) is 44.1 Å². The molecule has 1 aromatic rings. The van der Waals surface area contributed by atoms with E-state index in [1.165, 1.54) is 12.0 Å². The van der Waals surface area contributed by atoms with Gasteiger partial charge in [0.15, 0.2) is 0 Å². The van der Waals surface area contributed by atoms with Crippen molar-refractivity contribution in [2.45, 2.75) is 63.8 Å². The Hall–Kier alpha value is -2.54. The van der Waals surface area contributed by atoms with Crippen molar-refractivity contribution < 1.29 is 19.2 Å². The molecule has 0 saturated carbocycles. The highest BCUT2D eigenvalue weighted by molar-refractivity contribution is 5.82. The van der Waals surface area contributed by atoms with E-state index in [1.54, 1.807) is 6.20 Å². The van der Waals surface area contributed by atoms with E-state index in [2.05, 4.69) is 22.5 Å². The highest BCUT2D eigenvalue weighted by atomic mass is 16.7. The number of allylic oxidation sites excluding steroid dienone is 1. The molecule has 1 aromatic heterocycles. The summed E-state index contributed by atoms with van der Waals surface area (Å²) in [6.07, 6.45) is 9.12. The van der Waals surface area contributed by atoms with Crippen LogP contribution in [0.15, 0.2) is 36.8 Å². The smallest absolute Gasteiger partial charge is 0.333 e. The van der Waals surface area contributed by atoms with Gasteiger partial charge in [0.05, 0.1) is 5.70 Å². The van der Waals surface area contributed by atoms with Gasteiger partial charge in [0.25, 0.3) is 5.91 Å². The summed E-state index contributed by atoms with van der Waals surface area (Å²) in [4.78, 5) is 47.2. The summed E-state index contributed by atoms with van der Waals surface area (Å²) >= 11 is 0. The van der Waals surface area contributed by atoms with Crippen LogP contribution in [-0.2, 0) is 19.2 Å². The van der Waals surface area contributed by atoms with Gasteiger partial charge in [0.2, 0.25) is 0 Å². The Morgan fingerprint density at radius 2 is 2.03 bits per heavy atom. The van der Waals surface area contributed by atoms with Crippen molar-refractivity contribution >= 4 is 17.7 Å². The fourth-order valence-electron chi connectivity index (χ4n) is 3.97. The standard InChI is InChI=1S/C22H29N3O4/c1-17-11-12-21(27)25(17)29-22(28)10-2-7-19(26)8-4-14-24-15-5-9-20(24)18-6-3-13-23-16-18/h3,6,13,16,20H,1-2,4-5,7-12,14-15H2/t20-/m0/s1. The number of hydroxylamine groups is 2. The predicted octanol–water partition coefficient (Wildman–Crippen LogP) is 3.33. The lowest BCUT2D eigenvalue weighted by atomic mass is 10.1. The van der Waals surface area contributed by atoms with E-state index in [0.717, 1.165) is 31.0 Å². The fraction of sp³-hybridized carbons (Fsp3) is 0.545. The molecule has 29 heavy (non-hydrogen) atoms. The van der Waals surface area contributed by atoms with Crippen molar-refractivity contribution in [2.75, 3.05) is 13.1 Å². The number of rotatable bonds is 10. The average molecular weight is 399 g/mol. The lowest BCUT2D eigenvalue weighted by molar-refractivity contribution is -0.186. The Bertz CT molecular complexity index is 734. The van der Waals surface area contributed by atoms with Crippen molar-refractivity contribution in [3.05, 3.63) is 42.4 Å². The minimum atomic E-state index is -0.495. The molecule has 0 aromatic carbocycles. The molecule has 2 fully saturated rings. The Morgan fingerprint density at radius 3 is 2.76 bits per heavy atom. The minimum Gasteiger partial charge on any atom is -0.334 e. The number of nitrogens with zero attached hydrogens (tertiary/aromatic N) is 3. The number of pyridine rings is 1. The monoisotopic (exact) mass is 399 g/mol. The number of carbonyl (C=O) groups is 3. The molecule has 3 rings (SSSR count). The maximum atomic E-state index is 12.1. The van der Waals surface area contributed by atoms with Gasteiger partial charge >= 0.3 is 5.97 Å². The number of aromatic nitrogens is 1. The van der Waals surface area contributed by atoms with Crippen molar-refractivity contribution in [1.29, 1.82) is 0 Å². The van der Waals surface area contributed by atoms with Crippen LogP contribution in [0.1, 0.15) is 69.4 Å². The third-order valence-electron chi connectivity index (χ3n) is 5.50. The van der Waals surface area contributed by atoms with Crippen LogP contribution in [0.25, 0.3) is 0 Å². The van der Waals surface area contributed by atoms with Gasteiger partial charge < -0.3 is 4.84 Å². The van der Waals surface area contributed by atoms with Crippen LogP contribution in [0, 0.1) is 0 Å². The first-order chi connectivity index (χ1) is 14.0. The van der Waals surface area contributed by atoms with Crippen LogP contribution >= 0.6 is 0 Å². The maximum Gasteiger partial charge on any atom is 0.333 e. The van der Waals surface area contributed by atoms with Gasteiger partial charge in [0.1, 0.15) is 5.78 Å². The van der Waals surface area contributed by atoms with Crippen molar-refractivity contribution in [3.63, 3.8) is 0 Å². The molecule has 0 aliphatic carbocycles. The summed E-state index contributed by atoms with van der Waals surface area (Å²) in [7, 11) is 0. The summed E-state index contributed by atoms with van der Waals surface area (Å²) in [5, 5.41) is 0.985. The second-order valence-electron chi connectivity index (χ2n) is 7.69. The molecule has 7 nitrogen and oxygen atoms in total. The maximum absolute atomic E-state index is 12.1. The summed E-state index contributed by atoms with van der Waals surface area (Å²) in [6.45, 7) is 5.66. The largest absolute Gasteiger partial charge is 0.334 e. The Morgan fingerprint density at radius 1 is 1.21 bits per heavy atom. The van der Waals surface area contributed by atoms with Crippen LogP contribution in [0.5, 0.6) is 0 Å². The predicted molar refractivity (Wildman–Crippen MR) is 107 cm³/mol. The molecule has 1 atom stereocenters. The summed E-state index contributed by atoms with van der Waals surface area (Å²) in [6, 6.07) is 4.48. The lowest BCUT2D eigenvalue weighted by Crippen LogP contribution is -2.26. The summed E-state index contributed by atoms with van der Waals surface area (Å²) < 4.78 is 0. The first kappa shape index (κ1) is 21.2. The van der Waals surface area contributed by atoms with Crippen molar-refractivity contribution in [2.24, 2.45) is 0 Å². The van der Waals surface area contributed by atoms with E-state index >= 15 is 0 Å². The third-order valence-corrected chi connectivity index (χ3v) is 5.50. The Kier molecular flexibility index (Phi) is 7.52. The van der Waals surface area contributed by atoms with Crippen LogP contribution in [0.3, 0.4) is 0 Å². The Balaban J connectivity index is 1.30. The quantitative estimate of drug-likeness (QED) is 0.600. The minimum absolute atomic E-state index is 0.123. The summed E-state index contributed by atoms with van der Waals surface area (Å²) in [5.74, 6) is -0.576. The zero-order valence-electron chi connectivity index (χ0n) is 16.8. The van der Waals surface area contributed by atoms with Crippen LogP contribution in [0.4, 0.5) is 0 Å². The molecule has 0 unspecified atom stereocenters. The molecule has 0 radical (unpaired) electrons. The van der Waals surface area contributed by atoms with Gasteiger partial charge in [-0.05, 0) is 56.8 Å². The van der Waals surface area contributed by atoms with E-state index < -0.39 is 5.97 Å². The Labute approximate surface area is 171 Å².